The van der Waals surface area contributed by atoms with Crippen LogP contribution in [0.15, 0.2) is 18.2 Å². The molecule has 0 aliphatic carbocycles. The number of aliphatic hydroxyl groups is 1. The normalized spacial score (nSPS) is 16.9. The Morgan fingerprint density at radius 3 is 3.00 bits per heavy atom. The molecule has 1 atom stereocenters. The van der Waals surface area contributed by atoms with Gasteiger partial charge in [-0.05, 0) is 17.7 Å². The van der Waals surface area contributed by atoms with E-state index < -0.39 is 5.41 Å². The number of carbonyl (C=O) groups excluding carboxylic acids is 1. The van der Waals surface area contributed by atoms with Crippen LogP contribution >= 0.6 is 11.6 Å². The van der Waals surface area contributed by atoms with E-state index >= 15 is 0 Å². The molecule has 18 heavy (non-hydrogen) atoms. The minimum absolute atomic E-state index is 0.0398. The summed E-state index contributed by atoms with van der Waals surface area (Å²) < 4.78 is 5.60. The molecular weight excluding hydrogens is 254 g/mol. The molecule has 98 valence electrons. The molecule has 1 aliphatic heterocycles. The van der Waals surface area contributed by atoms with Crippen LogP contribution < -0.4 is 10.1 Å². The van der Waals surface area contributed by atoms with Gasteiger partial charge in [0, 0.05) is 23.4 Å². The van der Waals surface area contributed by atoms with Crippen molar-refractivity contribution in [3.63, 3.8) is 0 Å². The van der Waals surface area contributed by atoms with E-state index in [-0.39, 0.29) is 12.5 Å². The first kappa shape index (κ1) is 13.2. The second-order valence-corrected chi connectivity index (χ2v) is 5.16. The SMILES string of the molecule is CC(CO)(CCl)COc1ccc2c(c1)C(=O)NC2. The summed E-state index contributed by atoms with van der Waals surface area (Å²) in [4.78, 5) is 11.5. The fourth-order valence-electron chi connectivity index (χ4n) is 1.67. The monoisotopic (exact) mass is 269 g/mol. The second-order valence-electron chi connectivity index (χ2n) is 4.89. The largest absolute Gasteiger partial charge is 0.493 e. The lowest BCUT2D eigenvalue weighted by Gasteiger charge is -2.24. The standard InChI is InChI=1S/C13H16ClNO3/c1-13(6-14,7-16)8-18-10-3-2-9-5-15-12(17)11(9)4-10/h2-4,16H,5-8H2,1H3,(H,15,17). The van der Waals surface area contributed by atoms with Gasteiger partial charge in [-0.1, -0.05) is 13.0 Å². The number of benzene rings is 1. The highest BCUT2D eigenvalue weighted by Gasteiger charge is 2.24. The van der Waals surface area contributed by atoms with E-state index in [9.17, 15) is 9.90 Å². The van der Waals surface area contributed by atoms with Crippen molar-refractivity contribution in [2.45, 2.75) is 13.5 Å². The van der Waals surface area contributed by atoms with Gasteiger partial charge in [0.25, 0.3) is 5.91 Å². The van der Waals surface area contributed by atoms with Crippen molar-refractivity contribution in [1.29, 1.82) is 0 Å². The number of ether oxygens (including phenoxy) is 1. The average Bonchev–Trinajstić information content (AvgIpc) is 2.77. The van der Waals surface area contributed by atoms with E-state index in [4.69, 9.17) is 16.3 Å². The molecule has 2 N–H and O–H groups in total. The number of aliphatic hydroxyl groups excluding tert-OH is 1. The predicted octanol–water partition coefficient (Wildman–Crippen LogP) is 1.55. The van der Waals surface area contributed by atoms with Gasteiger partial charge < -0.3 is 15.2 Å². The van der Waals surface area contributed by atoms with Crippen LogP contribution in [-0.4, -0.2) is 30.1 Å². The van der Waals surface area contributed by atoms with Crippen molar-refractivity contribution in [3.8, 4) is 5.75 Å². The molecule has 0 fully saturated rings. The van der Waals surface area contributed by atoms with E-state index in [0.717, 1.165) is 5.56 Å². The number of carbonyl (C=O) groups is 1. The molecule has 2 rings (SSSR count). The molecule has 1 aromatic rings. The van der Waals surface area contributed by atoms with Gasteiger partial charge in [0.05, 0.1) is 13.2 Å². The summed E-state index contributed by atoms with van der Waals surface area (Å²) in [5.74, 6) is 0.864. The van der Waals surface area contributed by atoms with Gasteiger partial charge in [-0.25, -0.2) is 0 Å². The molecule has 0 radical (unpaired) electrons. The van der Waals surface area contributed by atoms with Crippen molar-refractivity contribution in [2.75, 3.05) is 19.1 Å². The molecule has 0 saturated heterocycles. The predicted molar refractivity (Wildman–Crippen MR) is 69.0 cm³/mol. The molecule has 1 unspecified atom stereocenters. The van der Waals surface area contributed by atoms with Crippen molar-refractivity contribution in [1.82, 2.24) is 5.32 Å². The Morgan fingerprint density at radius 1 is 1.56 bits per heavy atom. The van der Waals surface area contributed by atoms with Crippen LogP contribution in [0.5, 0.6) is 5.75 Å². The van der Waals surface area contributed by atoms with E-state index in [1.165, 1.54) is 0 Å². The third-order valence-electron chi connectivity index (χ3n) is 3.06. The molecule has 0 saturated carbocycles. The molecule has 0 spiro atoms. The van der Waals surface area contributed by atoms with Crippen molar-refractivity contribution in [2.24, 2.45) is 5.41 Å². The zero-order chi connectivity index (χ0) is 13.2. The molecule has 1 aromatic carbocycles. The summed E-state index contributed by atoms with van der Waals surface area (Å²) in [5, 5.41) is 12.0. The number of amides is 1. The fraction of sp³-hybridized carbons (Fsp3) is 0.462. The molecule has 1 aliphatic rings. The van der Waals surface area contributed by atoms with Gasteiger partial charge in [-0.3, -0.25) is 4.79 Å². The fourth-order valence-corrected chi connectivity index (χ4v) is 1.83. The maximum absolute atomic E-state index is 11.5. The number of halogens is 1. The Kier molecular flexibility index (Phi) is 3.78. The van der Waals surface area contributed by atoms with E-state index in [2.05, 4.69) is 5.32 Å². The van der Waals surface area contributed by atoms with Gasteiger partial charge >= 0.3 is 0 Å². The topological polar surface area (TPSA) is 58.6 Å². The number of fused-ring (bicyclic) bond motifs is 1. The lowest BCUT2D eigenvalue weighted by molar-refractivity contribution is 0.0959. The zero-order valence-electron chi connectivity index (χ0n) is 10.2. The smallest absolute Gasteiger partial charge is 0.252 e. The highest BCUT2D eigenvalue weighted by atomic mass is 35.5. The summed E-state index contributed by atoms with van der Waals surface area (Å²) in [7, 11) is 0. The molecule has 5 heteroatoms. The minimum Gasteiger partial charge on any atom is -0.493 e. The van der Waals surface area contributed by atoms with Crippen molar-refractivity contribution < 1.29 is 14.6 Å². The quantitative estimate of drug-likeness (QED) is 0.798. The maximum atomic E-state index is 11.5. The Balaban J connectivity index is 2.07. The summed E-state index contributed by atoms with van der Waals surface area (Å²) >= 11 is 5.79. The number of rotatable bonds is 5. The minimum atomic E-state index is -0.469. The Morgan fingerprint density at radius 2 is 2.33 bits per heavy atom. The van der Waals surface area contributed by atoms with Crippen molar-refractivity contribution in [3.05, 3.63) is 29.3 Å². The van der Waals surface area contributed by atoms with Crippen LogP contribution in [0, 0.1) is 5.41 Å². The molecule has 4 nitrogen and oxygen atoms in total. The zero-order valence-corrected chi connectivity index (χ0v) is 11.0. The van der Waals surface area contributed by atoms with Crippen LogP contribution in [0.25, 0.3) is 0 Å². The Bertz CT molecular complexity index is 458. The van der Waals surface area contributed by atoms with Crippen LogP contribution in [0.4, 0.5) is 0 Å². The average molecular weight is 270 g/mol. The number of nitrogens with one attached hydrogen (secondary N) is 1. The lowest BCUT2D eigenvalue weighted by atomic mass is 9.96. The molecule has 1 amide bonds. The van der Waals surface area contributed by atoms with Gasteiger partial charge in [-0.2, -0.15) is 0 Å². The van der Waals surface area contributed by atoms with E-state index in [0.29, 0.717) is 30.3 Å². The number of alkyl halides is 1. The van der Waals surface area contributed by atoms with Gasteiger partial charge in [0.1, 0.15) is 5.75 Å². The lowest BCUT2D eigenvalue weighted by Crippen LogP contribution is -2.31. The summed E-state index contributed by atoms with van der Waals surface area (Å²) in [6.45, 7) is 2.69. The first-order valence-corrected chi connectivity index (χ1v) is 6.32. The highest BCUT2D eigenvalue weighted by Crippen LogP contribution is 2.24. The number of hydrogen-bond acceptors (Lipinski definition) is 3. The van der Waals surface area contributed by atoms with Crippen LogP contribution in [0.1, 0.15) is 22.8 Å². The van der Waals surface area contributed by atoms with E-state index in [1.54, 1.807) is 6.07 Å². The third-order valence-corrected chi connectivity index (χ3v) is 3.70. The second kappa shape index (κ2) is 5.16. The molecule has 0 aromatic heterocycles. The van der Waals surface area contributed by atoms with Crippen LogP contribution in [0.2, 0.25) is 0 Å². The molecule has 1 heterocycles. The first-order chi connectivity index (χ1) is 8.58. The highest BCUT2D eigenvalue weighted by molar-refractivity contribution is 6.18. The van der Waals surface area contributed by atoms with E-state index in [1.807, 2.05) is 19.1 Å². The maximum Gasteiger partial charge on any atom is 0.252 e. The molecular formula is C13H16ClNO3. The summed E-state index contributed by atoms with van der Waals surface area (Å²) in [5.41, 5.74) is 1.17. The van der Waals surface area contributed by atoms with Gasteiger partial charge in [0.15, 0.2) is 0 Å². The third kappa shape index (κ3) is 2.60. The Hall–Kier alpha value is -1.26. The Labute approximate surface area is 111 Å². The summed E-state index contributed by atoms with van der Waals surface area (Å²) in [6, 6.07) is 5.42. The van der Waals surface area contributed by atoms with Crippen LogP contribution in [0.3, 0.4) is 0 Å². The van der Waals surface area contributed by atoms with Crippen molar-refractivity contribution >= 4 is 17.5 Å². The van der Waals surface area contributed by atoms with Gasteiger partial charge in [-0.15, -0.1) is 11.6 Å². The number of hydrogen-bond donors (Lipinski definition) is 2. The molecule has 0 bridgehead atoms. The van der Waals surface area contributed by atoms with Crippen LogP contribution in [-0.2, 0) is 6.54 Å². The first-order valence-electron chi connectivity index (χ1n) is 5.79. The van der Waals surface area contributed by atoms with Gasteiger partial charge in [0.2, 0.25) is 0 Å². The summed E-state index contributed by atoms with van der Waals surface area (Å²) in [6.07, 6.45) is 0.